The molecule has 0 unspecified atom stereocenters. The first-order valence-corrected chi connectivity index (χ1v) is 8.44. The molecule has 1 aromatic carbocycles. The molecule has 0 aliphatic rings. The fourth-order valence-corrected chi connectivity index (χ4v) is 1.94. The average molecular weight is 429 g/mol. The Hall–Kier alpha value is -3.09. The summed E-state index contributed by atoms with van der Waals surface area (Å²) in [6.07, 6.45) is 8.61. The highest BCUT2D eigenvalue weighted by Gasteiger charge is 2.00. The van der Waals surface area contributed by atoms with E-state index in [9.17, 15) is 4.79 Å². The largest absolute Gasteiger partial charge is 0.505 e. The zero-order valence-corrected chi connectivity index (χ0v) is 17.6. The number of esters is 1. The normalized spacial score (nSPS) is 7.34. The van der Waals surface area contributed by atoms with E-state index >= 15 is 0 Å². The van der Waals surface area contributed by atoms with Gasteiger partial charge in [-0.05, 0) is 43.6 Å². The highest BCUT2D eigenvalue weighted by Crippen LogP contribution is 2.23. The molecular formula is C20H32N2O6S. The predicted octanol–water partition coefficient (Wildman–Crippen LogP) is 3.53. The molecular weight excluding hydrogens is 396 g/mol. The molecule has 3 N–H and O–H groups in total. The molecule has 0 amide bonds. The second kappa shape index (κ2) is 24.9. The third-order valence-corrected chi connectivity index (χ3v) is 3.14. The molecule has 1 aromatic heterocycles. The number of nitrogen functional groups attached to an aromatic ring is 1. The van der Waals surface area contributed by atoms with Crippen LogP contribution in [0.1, 0.15) is 27.0 Å². The SMILES string of the molecule is C.C#COC.C=COC.CC(=O)OCO.CC=O.Cc1nsc2ccc(N)cc12. The smallest absolute Gasteiger partial charge is 0.304 e. The topological polar surface area (TPSA) is 121 Å². The Morgan fingerprint density at radius 2 is 1.93 bits per heavy atom. The van der Waals surface area contributed by atoms with Gasteiger partial charge in [-0.15, -0.1) is 0 Å². The number of aliphatic hydroxyl groups is 1. The van der Waals surface area contributed by atoms with E-state index in [2.05, 4.69) is 31.6 Å². The van der Waals surface area contributed by atoms with Crippen LogP contribution in [0.2, 0.25) is 0 Å². The Labute approximate surface area is 177 Å². The number of benzene rings is 1. The maximum Gasteiger partial charge on any atom is 0.304 e. The van der Waals surface area contributed by atoms with Crippen molar-refractivity contribution >= 4 is 39.6 Å². The predicted molar refractivity (Wildman–Crippen MR) is 119 cm³/mol. The van der Waals surface area contributed by atoms with Crippen molar-refractivity contribution in [2.75, 3.05) is 26.7 Å². The van der Waals surface area contributed by atoms with Gasteiger partial charge in [-0.3, -0.25) is 4.79 Å². The lowest BCUT2D eigenvalue weighted by Gasteiger charge is -1.91. The molecule has 9 heteroatoms. The van der Waals surface area contributed by atoms with Gasteiger partial charge in [0, 0.05) is 18.0 Å². The van der Waals surface area contributed by atoms with Crippen LogP contribution in [0, 0.1) is 19.5 Å². The van der Waals surface area contributed by atoms with Crippen LogP contribution >= 0.6 is 11.5 Å². The summed E-state index contributed by atoms with van der Waals surface area (Å²) >= 11 is 1.52. The van der Waals surface area contributed by atoms with Gasteiger partial charge >= 0.3 is 5.97 Å². The fraction of sp³-hybridized carbons (Fsp3) is 0.350. The number of hydrogen-bond acceptors (Lipinski definition) is 9. The van der Waals surface area contributed by atoms with Crippen molar-refractivity contribution in [2.24, 2.45) is 0 Å². The number of aldehydes is 1. The van der Waals surface area contributed by atoms with E-state index in [1.54, 1.807) is 7.11 Å². The number of ether oxygens (including phenoxy) is 3. The quantitative estimate of drug-likeness (QED) is 0.186. The first kappa shape index (κ1) is 33.5. The summed E-state index contributed by atoms with van der Waals surface area (Å²) in [6, 6.07) is 5.88. The molecule has 0 bridgehead atoms. The zero-order valence-electron chi connectivity index (χ0n) is 16.8. The zero-order chi connectivity index (χ0) is 22.4. The Balaban J connectivity index is -0.000000150. The highest BCUT2D eigenvalue weighted by atomic mass is 32.1. The lowest BCUT2D eigenvalue weighted by Crippen LogP contribution is -1.97. The van der Waals surface area contributed by atoms with Gasteiger partial charge < -0.3 is 29.8 Å². The number of nitrogens with zero attached hydrogens (tertiary/aromatic N) is 1. The fourth-order valence-electron chi connectivity index (χ4n) is 1.17. The number of carbonyl (C=O) groups is 2. The molecule has 8 nitrogen and oxygen atoms in total. The Bertz CT molecular complexity index is 711. The lowest BCUT2D eigenvalue weighted by atomic mass is 10.2. The molecule has 0 spiro atoms. The van der Waals surface area contributed by atoms with Crippen LogP contribution in [-0.4, -0.2) is 42.7 Å². The summed E-state index contributed by atoms with van der Waals surface area (Å²) in [4.78, 5) is 18.5. The van der Waals surface area contributed by atoms with Crippen molar-refractivity contribution < 1.29 is 28.9 Å². The molecule has 0 saturated heterocycles. The maximum atomic E-state index is 9.66. The van der Waals surface area contributed by atoms with E-state index in [1.165, 1.54) is 48.8 Å². The van der Waals surface area contributed by atoms with E-state index in [0.717, 1.165) is 17.7 Å². The number of aliphatic hydroxyl groups excluding tert-OH is 1. The van der Waals surface area contributed by atoms with Gasteiger partial charge in [-0.25, -0.2) is 0 Å². The Morgan fingerprint density at radius 1 is 1.45 bits per heavy atom. The minimum Gasteiger partial charge on any atom is -0.505 e. The standard InChI is InChI=1S/C8H8N2S.C3H6O3.C3H6O.C3H4O.C2H4O.CH4/c1-5-7-4-6(9)2-3-8(7)11-10-5;1-3(5)6-2-4;2*1-3-4-2;1-2-3;/h2-4H,9H2,1H3;4H,2H2,1H3;3H,1H2,2H3;1H,2H3;2H,1H3;1H4. The first-order valence-electron chi connectivity index (χ1n) is 7.67. The summed E-state index contributed by atoms with van der Waals surface area (Å²) in [5.41, 5.74) is 7.50. The number of carbonyl (C=O) groups excluding carboxylic acids is 2. The minimum atomic E-state index is -0.519. The van der Waals surface area contributed by atoms with Gasteiger partial charge in [0.1, 0.15) is 12.4 Å². The maximum absolute atomic E-state index is 9.66. The number of terminal acetylenes is 1. The third kappa shape index (κ3) is 22.9. The molecule has 2 rings (SSSR count). The number of nitrogens with two attached hydrogens (primary N) is 1. The van der Waals surface area contributed by atoms with Crippen LogP contribution in [0.15, 0.2) is 31.0 Å². The molecule has 0 radical (unpaired) electrons. The number of rotatable bonds is 2. The van der Waals surface area contributed by atoms with Crippen LogP contribution in [0.4, 0.5) is 5.69 Å². The van der Waals surface area contributed by atoms with E-state index in [0.29, 0.717) is 0 Å². The number of aryl methyl sites for hydroxylation is 1. The van der Waals surface area contributed by atoms with E-state index in [-0.39, 0.29) is 7.43 Å². The van der Waals surface area contributed by atoms with Gasteiger partial charge in [0.25, 0.3) is 0 Å². The third-order valence-electron chi connectivity index (χ3n) is 2.23. The summed E-state index contributed by atoms with van der Waals surface area (Å²) in [7, 11) is 3.01. The number of aromatic nitrogens is 1. The minimum absolute atomic E-state index is 0. The number of hydrogen-bond donors (Lipinski definition) is 2. The summed E-state index contributed by atoms with van der Waals surface area (Å²) in [5, 5.41) is 8.97. The Kier molecular flexibility index (Phi) is 28.8. The number of methoxy groups -OCH3 is 2. The van der Waals surface area contributed by atoms with Crippen molar-refractivity contribution in [3.05, 3.63) is 36.7 Å². The van der Waals surface area contributed by atoms with E-state index < -0.39 is 12.8 Å². The van der Waals surface area contributed by atoms with Crippen LogP contribution < -0.4 is 5.73 Å². The monoisotopic (exact) mass is 428 g/mol. The molecule has 0 atom stereocenters. The van der Waals surface area contributed by atoms with Crippen LogP contribution in [0.5, 0.6) is 0 Å². The van der Waals surface area contributed by atoms with Crippen LogP contribution in [-0.2, 0) is 23.8 Å². The number of anilines is 1. The van der Waals surface area contributed by atoms with Gasteiger partial charge in [0.2, 0.25) is 0 Å². The molecule has 2 aromatic rings. The molecule has 0 fully saturated rings. The van der Waals surface area contributed by atoms with Gasteiger partial charge in [-0.2, -0.15) is 4.37 Å². The van der Waals surface area contributed by atoms with Crippen molar-refractivity contribution in [3.63, 3.8) is 0 Å². The van der Waals surface area contributed by atoms with Gasteiger partial charge in [-0.1, -0.05) is 20.4 Å². The molecule has 0 aliphatic carbocycles. The van der Waals surface area contributed by atoms with Crippen molar-refractivity contribution in [1.82, 2.24) is 4.37 Å². The first-order chi connectivity index (χ1) is 13.3. The second-order valence-electron chi connectivity index (χ2n) is 4.25. The average Bonchev–Trinajstić information content (AvgIpc) is 3.03. The summed E-state index contributed by atoms with van der Waals surface area (Å²) in [6.45, 7) is 7.41. The lowest BCUT2D eigenvalue weighted by molar-refractivity contribution is -0.148. The van der Waals surface area contributed by atoms with Crippen molar-refractivity contribution in [3.8, 4) is 12.5 Å². The van der Waals surface area contributed by atoms with Crippen LogP contribution in [0.3, 0.4) is 0 Å². The molecule has 1 heterocycles. The molecule has 164 valence electrons. The van der Waals surface area contributed by atoms with Crippen molar-refractivity contribution in [2.45, 2.75) is 28.2 Å². The molecule has 0 saturated carbocycles. The van der Waals surface area contributed by atoms with Crippen LogP contribution in [0.25, 0.3) is 10.1 Å². The molecule has 29 heavy (non-hydrogen) atoms. The van der Waals surface area contributed by atoms with E-state index in [1.807, 2.05) is 31.2 Å². The van der Waals surface area contributed by atoms with Crippen molar-refractivity contribution in [1.29, 1.82) is 0 Å². The van der Waals surface area contributed by atoms with Gasteiger partial charge in [0.15, 0.2) is 6.79 Å². The van der Waals surface area contributed by atoms with E-state index in [4.69, 9.17) is 15.6 Å². The highest BCUT2D eigenvalue weighted by molar-refractivity contribution is 7.13. The summed E-state index contributed by atoms with van der Waals surface area (Å²) < 4.78 is 17.8. The Morgan fingerprint density at radius 3 is 2.24 bits per heavy atom. The van der Waals surface area contributed by atoms with Gasteiger partial charge in [0.05, 0.1) is 30.9 Å². The summed E-state index contributed by atoms with van der Waals surface area (Å²) in [5.74, 6) is -0.461. The second-order valence-corrected chi connectivity index (χ2v) is 5.05. The number of fused-ring (bicyclic) bond motifs is 1. The molecule has 0 aliphatic heterocycles.